The van der Waals surface area contributed by atoms with Crippen LogP contribution in [0, 0.1) is 5.92 Å². The Morgan fingerprint density at radius 1 is 1.33 bits per heavy atom. The van der Waals surface area contributed by atoms with E-state index < -0.39 is 12.0 Å². The van der Waals surface area contributed by atoms with Crippen LogP contribution in [0.1, 0.15) is 45.4 Å². The predicted octanol–water partition coefficient (Wildman–Crippen LogP) is 1.82. The van der Waals surface area contributed by atoms with Crippen molar-refractivity contribution in [1.29, 1.82) is 0 Å². The van der Waals surface area contributed by atoms with Gasteiger partial charge in [-0.2, -0.15) is 0 Å². The fourth-order valence-electron chi connectivity index (χ4n) is 3.28. The Bertz CT molecular complexity index is 332. The number of piperidine rings is 1. The van der Waals surface area contributed by atoms with Gasteiger partial charge in [0.15, 0.2) is 0 Å². The van der Waals surface area contributed by atoms with E-state index in [1.165, 1.54) is 19.3 Å². The second-order valence-electron chi connectivity index (χ2n) is 5.34. The number of hydrogen-bond donors (Lipinski definition) is 2. The first-order valence-electron chi connectivity index (χ1n) is 6.93. The molecule has 18 heavy (non-hydrogen) atoms. The first-order chi connectivity index (χ1) is 8.63. The summed E-state index contributed by atoms with van der Waals surface area (Å²) in [5, 5.41) is 11.6. The van der Waals surface area contributed by atoms with Crippen molar-refractivity contribution in [2.24, 2.45) is 5.92 Å². The molecular formula is C13H22N2O3. The molecule has 0 aromatic heterocycles. The molecule has 0 aromatic rings. The summed E-state index contributed by atoms with van der Waals surface area (Å²) >= 11 is 0. The molecule has 1 heterocycles. The SMILES string of the molecule is CC[C@H](NC(=O)N1CCCC2CCCC21)C(=O)O. The summed E-state index contributed by atoms with van der Waals surface area (Å²) < 4.78 is 0. The lowest BCUT2D eigenvalue weighted by molar-refractivity contribution is -0.139. The first-order valence-corrected chi connectivity index (χ1v) is 6.93. The van der Waals surface area contributed by atoms with E-state index in [9.17, 15) is 9.59 Å². The van der Waals surface area contributed by atoms with Crippen molar-refractivity contribution in [3.05, 3.63) is 0 Å². The summed E-state index contributed by atoms with van der Waals surface area (Å²) in [5.74, 6) is -0.319. The maximum Gasteiger partial charge on any atom is 0.326 e. The molecule has 0 spiro atoms. The molecular weight excluding hydrogens is 232 g/mol. The van der Waals surface area contributed by atoms with Crippen LogP contribution in [0.2, 0.25) is 0 Å². The van der Waals surface area contributed by atoms with Gasteiger partial charge in [-0.25, -0.2) is 9.59 Å². The van der Waals surface area contributed by atoms with Gasteiger partial charge in [-0.15, -0.1) is 0 Å². The molecule has 0 bridgehead atoms. The number of likely N-dealkylation sites (tertiary alicyclic amines) is 1. The zero-order chi connectivity index (χ0) is 13.1. The molecule has 2 aliphatic rings. The molecule has 2 unspecified atom stereocenters. The Hall–Kier alpha value is -1.26. The average Bonchev–Trinajstić information content (AvgIpc) is 2.82. The van der Waals surface area contributed by atoms with Crippen molar-refractivity contribution in [2.75, 3.05) is 6.54 Å². The minimum absolute atomic E-state index is 0.194. The van der Waals surface area contributed by atoms with Crippen LogP contribution in [0.25, 0.3) is 0 Å². The lowest BCUT2D eigenvalue weighted by Gasteiger charge is -2.38. The lowest BCUT2D eigenvalue weighted by atomic mass is 9.92. The van der Waals surface area contributed by atoms with Gasteiger partial charge in [0, 0.05) is 12.6 Å². The number of nitrogens with zero attached hydrogens (tertiary/aromatic N) is 1. The van der Waals surface area contributed by atoms with Crippen LogP contribution in [-0.4, -0.2) is 40.6 Å². The van der Waals surface area contributed by atoms with Gasteiger partial charge in [-0.1, -0.05) is 13.3 Å². The third-order valence-electron chi connectivity index (χ3n) is 4.26. The normalized spacial score (nSPS) is 28.6. The molecule has 0 radical (unpaired) electrons. The fraction of sp³-hybridized carbons (Fsp3) is 0.846. The second kappa shape index (κ2) is 5.59. The third kappa shape index (κ3) is 2.60. The molecule has 1 saturated heterocycles. The van der Waals surface area contributed by atoms with Crippen LogP contribution >= 0.6 is 0 Å². The molecule has 2 rings (SSSR count). The van der Waals surface area contributed by atoms with E-state index in [0.29, 0.717) is 18.4 Å². The van der Waals surface area contributed by atoms with Gasteiger partial charge in [-0.3, -0.25) is 0 Å². The molecule has 2 N–H and O–H groups in total. The standard InChI is InChI=1S/C13H22N2O3/c1-2-10(12(16)17)14-13(18)15-8-4-6-9-5-3-7-11(9)15/h9-11H,2-8H2,1H3,(H,14,18)(H,16,17)/t9?,10-,11?/m0/s1. The van der Waals surface area contributed by atoms with E-state index in [4.69, 9.17) is 5.11 Å². The van der Waals surface area contributed by atoms with Crippen molar-refractivity contribution < 1.29 is 14.7 Å². The van der Waals surface area contributed by atoms with E-state index in [-0.39, 0.29) is 6.03 Å². The van der Waals surface area contributed by atoms with E-state index in [1.54, 1.807) is 6.92 Å². The number of carbonyl (C=O) groups excluding carboxylic acids is 1. The molecule has 5 nitrogen and oxygen atoms in total. The van der Waals surface area contributed by atoms with Crippen LogP contribution in [0.15, 0.2) is 0 Å². The number of fused-ring (bicyclic) bond motifs is 1. The molecule has 1 aliphatic carbocycles. The second-order valence-corrected chi connectivity index (χ2v) is 5.34. The number of amides is 2. The van der Waals surface area contributed by atoms with Crippen molar-refractivity contribution >= 4 is 12.0 Å². The highest BCUT2D eigenvalue weighted by atomic mass is 16.4. The Kier molecular flexibility index (Phi) is 4.09. The fourth-order valence-corrected chi connectivity index (χ4v) is 3.28. The Balaban J connectivity index is 1.97. The molecule has 102 valence electrons. The zero-order valence-corrected chi connectivity index (χ0v) is 10.9. The van der Waals surface area contributed by atoms with Crippen LogP contribution in [0.3, 0.4) is 0 Å². The number of aliphatic carboxylic acids is 1. The van der Waals surface area contributed by atoms with E-state index in [2.05, 4.69) is 5.32 Å². The number of carbonyl (C=O) groups is 2. The minimum atomic E-state index is -0.953. The average molecular weight is 254 g/mol. The Morgan fingerprint density at radius 3 is 2.72 bits per heavy atom. The van der Waals surface area contributed by atoms with Crippen LogP contribution < -0.4 is 5.32 Å². The topological polar surface area (TPSA) is 69.6 Å². The summed E-state index contributed by atoms with van der Waals surface area (Å²) in [6.45, 7) is 2.54. The van der Waals surface area contributed by atoms with Crippen LogP contribution in [0.4, 0.5) is 4.79 Å². The van der Waals surface area contributed by atoms with E-state index in [0.717, 1.165) is 19.4 Å². The summed E-state index contributed by atoms with van der Waals surface area (Å²) in [6.07, 6.45) is 6.15. The number of hydrogen-bond acceptors (Lipinski definition) is 2. The van der Waals surface area contributed by atoms with Crippen molar-refractivity contribution in [3.63, 3.8) is 0 Å². The maximum absolute atomic E-state index is 12.2. The molecule has 3 atom stereocenters. The van der Waals surface area contributed by atoms with Gasteiger partial charge >= 0.3 is 12.0 Å². The summed E-state index contributed by atoms with van der Waals surface area (Å²) in [6, 6.07) is -0.620. The van der Waals surface area contributed by atoms with Gasteiger partial charge in [-0.05, 0) is 38.0 Å². The molecule has 2 fully saturated rings. The summed E-state index contributed by atoms with van der Waals surface area (Å²) in [5.41, 5.74) is 0. The number of urea groups is 1. The quantitative estimate of drug-likeness (QED) is 0.807. The monoisotopic (exact) mass is 254 g/mol. The van der Waals surface area contributed by atoms with Crippen molar-refractivity contribution in [3.8, 4) is 0 Å². The van der Waals surface area contributed by atoms with Gasteiger partial charge in [0.1, 0.15) is 6.04 Å². The van der Waals surface area contributed by atoms with E-state index in [1.807, 2.05) is 4.90 Å². The highest BCUT2D eigenvalue weighted by Crippen LogP contribution is 2.36. The zero-order valence-electron chi connectivity index (χ0n) is 10.9. The highest BCUT2D eigenvalue weighted by Gasteiger charge is 2.38. The maximum atomic E-state index is 12.2. The minimum Gasteiger partial charge on any atom is -0.480 e. The van der Waals surface area contributed by atoms with Crippen LogP contribution in [-0.2, 0) is 4.79 Å². The first kappa shape index (κ1) is 13.2. The molecule has 1 saturated carbocycles. The van der Waals surface area contributed by atoms with Gasteiger partial charge in [0.25, 0.3) is 0 Å². The van der Waals surface area contributed by atoms with Crippen molar-refractivity contribution in [1.82, 2.24) is 10.2 Å². The largest absolute Gasteiger partial charge is 0.480 e. The molecule has 0 aromatic carbocycles. The molecule has 2 amide bonds. The number of nitrogens with one attached hydrogen (secondary N) is 1. The lowest BCUT2D eigenvalue weighted by Crippen LogP contribution is -2.54. The smallest absolute Gasteiger partial charge is 0.326 e. The van der Waals surface area contributed by atoms with E-state index >= 15 is 0 Å². The third-order valence-corrected chi connectivity index (χ3v) is 4.26. The molecule has 5 heteroatoms. The van der Waals surface area contributed by atoms with Gasteiger partial charge in [0.05, 0.1) is 0 Å². The van der Waals surface area contributed by atoms with Crippen LogP contribution in [0.5, 0.6) is 0 Å². The Morgan fingerprint density at radius 2 is 2.06 bits per heavy atom. The van der Waals surface area contributed by atoms with Gasteiger partial charge < -0.3 is 15.3 Å². The number of carboxylic acid groups (broad SMARTS) is 1. The van der Waals surface area contributed by atoms with Crippen molar-refractivity contribution in [2.45, 2.75) is 57.5 Å². The summed E-state index contributed by atoms with van der Waals surface area (Å²) in [7, 11) is 0. The number of carboxylic acids is 1. The molecule has 1 aliphatic heterocycles. The predicted molar refractivity (Wildman–Crippen MR) is 67.3 cm³/mol. The van der Waals surface area contributed by atoms with Gasteiger partial charge in [0.2, 0.25) is 0 Å². The Labute approximate surface area is 108 Å². The summed E-state index contributed by atoms with van der Waals surface area (Å²) in [4.78, 5) is 25.0. The highest BCUT2D eigenvalue weighted by molar-refractivity contribution is 5.82. The number of rotatable bonds is 3.